The van der Waals surface area contributed by atoms with E-state index in [1.165, 1.54) is 0 Å². The standard InChI is InChI=1S/C13H13NO3/c14-11(13(16)17)7-9-6-5-8-3-1-2-4-10(8)12(9)15/h1-6,11,15H,7,14H2,(H,16,17). The molecule has 0 fully saturated rings. The summed E-state index contributed by atoms with van der Waals surface area (Å²) in [5.41, 5.74) is 6.01. The first-order chi connectivity index (χ1) is 8.09. The van der Waals surface area contributed by atoms with Gasteiger partial charge in [0.2, 0.25) is 0 Å². The van der Waals surface area contributed by atoms with E-state index < -0.39 is 12.0 Å². The maximum atomic E-state index is 10.7. The minimum absolute atomic E-state index is 0.111. The van der Waals surface area contributed by atoms with Gasteiger partial charge in [0.1, 0.15) is 11.8 Å². The molecule has 0 aromatic heterocycles. The molecule has 4 heteroatoms. The van der Waals surface area contributed by atoms with Crippen molar-refractivity contribution in [1.82, 2.24) is 0 Å². The van der Waals surface area contributed by atoms with Crippen LogP contribution in [0, 0.1) is 0 Å². The zero-order chi connectivity index (χ0) is 12.4. The molecule has 88 valence electrons. The average molecular weight is 231 g/mol. The number of nitrogens with two attached hydrogens (primary N) is 1. The Kier molecular flexibility index (Phi) is 2.97. The number of carboxylic acids is 1. The third kappa shape index (κ3) is 2.21. The van der Waals surface area contributed by atoms with Crippen LogP contribution in [0.2, 0.25) is 0 Å². The number of rotatable bonds is 3. The lowest BCUT2D eigenvalue weighted by atomic mass is 10.0. The van der Waals surface area contributed by atoms with Crippen LogP contribution < -0.4 is 5.73 Å². The number of hydrogen-bond donors (Lipinski definition) is 3. The molecule has 4 nitrogen and oxygen atoms in total. The van der Waals surface area contributed by atoms with Gasteiger partial charge in [0.15, 0.2) is 0 Å². The summed E-state index contributed by atoms with van der Waals surface area (Å²) in [4.78, 5) is 10.7. The fourth-order valence-electron chi connectivity index (χ4n) is 1.79. The van der Waals surface area contributed by atoms with E-state index in [-0.39, 0.29) is 12.2 Å². The number of hydrogen-bond acceptors (Lipinski definition) is 3. The molecule has 2 aromatic rings. The summed E-state index contributed by atoms with van der Waals surface area (Å²) in [5, 5.41) is 20.4. The lowest BCUT2D eigenvalue weighted by molar-refractivity contribution is -0.138. The summed E-state index contributed by atoms with van der Waals surface area (Å²) in [7, 11) is 0. The minimum atomic E-state index is -1.07. The normalized spacial score (nSPS) is 12.5. The van der Waals surface area contributed by atoms with E-state index in [9.17, 15) is 9.90 Å². The van der Waals surface area contributed by atoms with Gasteiger partial charge in [0.25, 0.3) is 0 Å². The Balaban J connectivity index is 2.42. The maximum absolute atomic E-state index is 10.7. The van der Waals surface area contributed by atoms with Crippen LogP contribution in [0.1, 0.15) is 5.56 Å². The molecule has 1 unspecified atom stereocenters. The molecule has 0 aliphatic carbocycles. The molecule has 0 amide bonds. The lowest BCUT2D eigenvalue weighted by Crippen LogP contribution is -2.32. The molecule has 0 aliphatic rings. The molecular formula is C13H13NO3. The number of carboxylic acid groups (broad SMARTS) is 1. The highest BCUT2D eigenvalue weighted by atomic mass is 16.4. The Bertz CT molecular complexity index is 566. The van der Waals surface area contributed by atoms with Gasteiger partial charge in [0, 0.05) is 11.8 Å². The highest BCUT2D eigenvalue weighted by molar-refractivity contribution is 5.89. The van der Waals surface area contributed by atoms with Crippen molar-refractivity contribution in [2.75, 3.05) is 0 Å². The van der Waals surface area contributed by atoms with Gasteiger partial charge in [-0.3, -0.25) is 4.79 Å². The third-order valence-electron chi connectivity index (χ3n) is 2.74. The average Bonchev–Trinajstić information content (AvgIpc) is 2.33. The number of aromatic hydroxyl groups is 1. The third-order valence-corrected chi connectivity index (χ3v) is 2.74. The van der Waals surface area contributed by atoms with Crippen LogP contribution in [0.5, 0.6) is 5.75 Å². The molecule has 0 bridgehead atoms. The highest BCUT2D eigenvalue weighted by Crippen LogP contribution is 2.29. The van der Waals surface area contributed by atoms with Crippen molar-refractivity contribution in [3.8, 4) is 5.75 Å². The summed E-state index contributed by atoms with van der Waals surface area (Å²) >= 11 is 0. The molecule has 0 radical (unpaired) electrons. The molecule has 0 spiro atoms. The van der Waals surface area contributed by atoms with Crippen LogP contribution in [0.4, 0.5) is 0 Å². The van der Waals surface area contributed by atoms with Crippen LogP contribution in [-0.4, -0.2) is 22.2 Å². The summed E-state index contributed by atoms with van der Waals surface area (Å²) in [6.07, 6.45) is 0.117. The van der Waals surface area contributed by atoms with E-state index in [4.69, 9.17) is 10.8 Å². The van der Waals surface area contributed by atoms with Gasteiger partial charge in [-0.05, 0) is 10.9 Å². The number of phenolic OH excluding ortho intramolecular Hbond substituents is 1. The van der Waals surface area contributed by atoms with E-state index in [0.717, 1.165) is 5.39 Å². The van der Waals surface area contributed by atoms with Gasteiger partial charge >= 0.3 is 5.97 Å². The molecular weight excluding hydrogens is 218 g/mol. The number of phenols is 1. The highest BCUT2D eigenvalue weighted by Gasteiger charge is 2.15. The van der Waals surface area contributed by atoms with Crippen molar-refractivity contribution in [1.29, 1.82) is 0 Å². The van der Waals surface area contributed by atoms with Crippen molar-refractivity contribution in [2.45, 2.75) is 12.5 Å². The Labute approximate surface area is 98.3 Å². The van der Waals surface area contributed by atoms with Gasteiger partial charge in [0.05, 0.1) is 0 Å². The Hall–Kier alpha value is -2.07. The van der Waals surface area contributed by atoms with E-state index in [0.29, 0.717) is 10.9 Å². The molecule has 0 aliphatic heterocycles. The van der Waals surface area contributed by atoms with Gasteiger partial charge in [-0.25, -0.2) is 0 Å². The fraction of sp³-hybridized carbons (Fsp3) is 0.154. The van der Waals surface area contributed by atoms with Crippen molar-refractivity contribution in [3.05, 3.63) is 42.0 Å². The van der Waals surface area contributed by atoms with Crippen LogP contribution in [-0.2, 0) is 11.2 Å². The predicted octanol–water partition coefficient (Wildman–Crippen LogP) is 1.50. The van der Waals surface area contributed by atoms with Crippen LogP contribution in [0.15, 0.2) is 36.4 Å². The van der Waals surface area contributed by atoms with Crippen LogP contribution in [0.3, 0.4) is 0 Å². The first-order valence-corrected chi connectivity index (χ1v) is 5.27. The van der Waals surface area contributed by atoms with Gasteiger partial charge in [-0.15, -0.1) is 0 Å². The minimum Gasteiger partial charge on any atom is -0.507 e. The second kappa shape index (κ2) is 4.43. The zero-order valence-corrected chi connectivity index (χ0v) is 9.13. The van der Waals surface area contributed by atoms with Crippen molar-refractivity contribution < 1.29 is 15.0 Å². The van der Waals surface area contributed by atoms with Crippen molar-refractivity contribution in [3.63, 3.8) is 0 Å². The Morgan fingerprint density at radius 1 is 1.24 bits per heavy atom. The second-order valence-corrected chi connectivity index (χ2v) is 3.94. The topological polar surface area (TPSA) is 83.5 Å². The molecule has 2 rings (SSSR count). The predicted molar refractivity (Wildman–Crippen MR) is 64.9 cm³/mol. The smallest absolute Gasteiger partial charge is 0.320 e. The largest absolute Gasteiger partial charge is 0.507 e. The van der Waals surface area contributed by atoms with Gasteiger partial charge in [-0.1, -0.05) is 36.4 Å². The molecule has 0 saturated carbocycles. The SMILES string of the molecule is NC(Cc1ccc2ccccc2c1O)C(=O)O. The molecule has 1 atom stereocenters. The molecule has 0 saturated heterocycles. The van der Waals surface area contributed by atoms with E-state index in [1.807, 2.05) is 24.3 Å². The Morgan fingerprint density at radius 2 is 1.94 bits per heavy atom. The summed E-state index contributed by atoms with van der Waals surface area (Å²) in [5.74, 6) is -0.961. The quantitative estimate of drug-likeness (QED) is 0.747. The van der Waals surface area contributed by atoms with E-state index >= 15 is 0 Å². The van der Waals surface area contributed by atoms with Crippen LogP contribution >= 0.6 is 0 Å². The summed E-state index contributed by atoms with van der Waals surface area (Å²) in [6.45, 7) is 0. The molecule has 0 heterocycles. The molecule has 2 aromatic carbocycles. The monoisotopic (exact) mass is 231 g/mol. The van der Waals surface area contributed by atoms with E-state index in [1.54, 1.807) is 12.1 Å². The van der Waals surface area contributed by atoms with Gasteiger partial charge < -0.3 is 15.9 Å². The van der Waals surface area contributed by atoms with Crippen LogP contribution in [0.25, 0.3) is 10.8 Å². The Morgan fingerprint density at radius 3 is 2.65 bits per heavy atom. The number of fused-ring (bicyclic) bond motifs is 1. The first-order valence-electron chi connectivity index (χ1n) is 5.27. The summed E-state index contributed by atoms with van der Waals surface area (Å²) in [6, 6.07) is 9.94. The zero-order valence-electron chi connectivity index (χ0n) is 9.13. The second-order valence-electron chi connectivity index (χ2n) is 3.94. The fourth-order valence-corrected chi connectivity index (χ4v) is 1.79. The summed E-state index contributed by atoms with van der Waals surface area (Å²) < 4.78 is 0. The van der Waals surface area contributed by atoms with Crippen molar-refractivity contribution >= 4 is 16.7 Å². The number of carbonyl (C=O) groups is 1. The number of aliphatic carboxylic acids is 1. The van der Waals surface area contributed by atoms with E-state index in [2.05, 4.69) is 0 Å². The first kappa shape index (κ1) is 11.4. The number of benzene rings is 2. The van der Waals surface area contributed by atoms with Crippen molar-refractivity contribution in [2.24, 2.45) is 5.73 Å². The van der Waals surface area contributed by atoms with Gasteiger partial charge in [-0.2, -0.15) is 0 Å². The maximum Gasteiger partial charge on any atom is 0.320 e. The molecule has 4 N–H and O–H groups in total. The molecule has 17 heavy (non-hydrogen) atoms. The lowest BCUT2D eigenvalue weighted by Gasteiger charge is -2.10.